The molecule has 21 heavy (non-hydrogen) atoms. The predicted molar refractivity (Wildman–Crippen MR) is 84.8 cm³/mol. The lowest BCUT2D eigenvalue weighted by Gasteiger charge is -2.21. The van der Waals surface area contributed by atoms with Crippen LogP contribution in [0.5, 0.6) is 11.5 Å². The van der Waals surface area contributed by atoms with E-state index in [2.05, 4.69) is 31.1 Å². The summed E-state index contributed by atoms with van der Waals surface area (Å²) < 4.78 is 11.1. The smallest absolute Gasteiger partial charge is 0.179 e. The van der Waals surface area contributed by atoms with Gasteiger partial charge in [0.05, 0.1) is 11.9 Å². The van der Waals surface area contributed by atoms with E-state index in [1.807, 2.05) is 6.07 Å². The van der Waals surface area contributed by atoms with E-state index in [4.69, 9.17) is 9.47 Å². The Balaban J connectivity index is 1.87. The van der Waals surface area contributed by atoms with Crippen molar-refractivity contribution in [3.63, 3.8) is 0 Å². The summed E-state index contributed by atoms with van der Waals surface area (Å²) >= 11 is 0. The zero-order chi connectivity index (χ0) is 15.1. The monoisotopic (exact) mass is 292 g/mol. The van der Waals surface area contributed by atoms with Crippen molar-refractivity contribution in [2.45, 2.75) is 59.0 Å². The highest BCUT2D eigenvalue weighted by molar-refractivity contribution is 5.39. The van der Waals surface area contributed by atoms with Gasteiger partial charge in [0.2, 0.25) is 0 Å². The van der Waals surface area contributed by atoms with E-state index >= 15 is 0 Å². The molecule has 1 aliphatic rings. The second kappa shape index (κ2) is 8.23. The average molecular weight is 292 g/mol. The molecular weight excluding hydrogens is 264 g/mol. The van der Waals surface area contributed by atoms with Gasteiger partial charge in [-0.3, -0.25) is 4.98 Å². The standard InChI is InChI=1S/C17H28N2O2/c1-4-5-14(7-6-13(2)3)18-11-15-10-16-17(12-19-15)21-9-8-20-16/h10,12-14,18H,4-9,11H2,1-3H3. The van der Waals surface area contributed by atoms with Gasteiger partial charge in [-0.25, -0.2) is 0 Å². The Morgan fingerprint density at radius 1 is 1.14 bits per heavy atom. The first-order valence-corrected chi connectivity index (χ1v) is 8.17. The van der Waals surface area contributed by atoms with Gasteiger partial charge in [0.1, 0.15) is 13.2 Å². The molecule has 0 aromatic carbocycles. The van der Waals surface area contributed by atoms with Crippen molar-refractivity contribution in [3.8, 4) is 11.5 Å². The van der Waals surface area contributed by atoms with Crippen LogP contribution in [0.1, 0.15) is 52.1 Å². The Morgan fingerprint density at radius 3 is 2.62 bits per heavy atom. The molecule has 1 unspecified atom stereocenters. The highest BCUT2D eigenvalue weighted by Gasteiger charge is 2.14. The van der Waals surface area contributed by atoms with Crippen LogP contribution in [0.15, 0.2) is 12.3 Å². The maximum Gasteiger partial charge on any atom is 0.179 e. The molecule has 118 valence electrons. The van der Waals surface area contributed by atoms with Crippen LogP contribution in [0.3, 0.4) is 0 Å². The number of nitrogens with zero attached hydrogens (tertiary/aromatic N) is 1. The van der Waals surface area contributed by atoms with Crippen molar-refractivity contribution in [2.75, 3.05) is 13.2 Å². The van der Waals surface area contributed by atoms with Gasteiger partial charge in [-0.15, -0.1) is 0 Å². The minimum Gasteiger partial charge on any atom is -0.486 e. The SMILES string of the molecule is CCCC(CCC(C)C)NCc1cc2c(cn1)OCCO2. The van der Waals surface area contributed by atoms with Crippen LogP contribution in [-0.2, 0) is 6.54 Å². The summed E-state index contributed by atoms with van der Waals surface area (Å²) in [4.78, 5) is 4.45. The average Bonchev–Trinajstić information content (AvgIpc) is 2.49. The van der Waals surface area contributed by atoms with E-state index in [0.717, 1.165) is 29.7 Å². The molecule has 0 fully saturated rings. The summed E-state index contributed by atoms with van der Waals surface area (Å²) in [5, 5.41) is 3.64. The third-order valence-electron chi connectivity index (χ3n) is 3.79. The van der Waals surface area contributed by atoms with Gasteiger partial charge < -0.3 is 14.8 Å². The highest BCUT2D eigenvalue weighted by Crippen LogP contribution is 2.29. The van der Waals surface area contributed by atoms with Crippen LogP contribution < -0.4 is 14.8 Å². The Kier molecular flexibility index (Phi) is 6.30. The molecule has 2 rings (SSSR count). The Bertz CT molecular complexity index is 435. The van der Waals surface area contributed by atoms with Gasteiger partial charge >= 0.3 is 0 Å². The number of hydrogen-bond acceptors (Lipinski definition) is 4. The number of ether oxygens (including phenoxy) is 2. The van der Waals surface area contributed by atoms with Gasteiger partial charge in [-0.05, 0) is 25.2 Å². The molecule has 0 saturated heterocycles. The van der Waals surface area contributed by atoms with E-state index in [1.165, 1.54) is 25.7 Å². The number of pyridine rings is 1. The largest absolute Gasteiger partial charge is 0.486 e. The zero-order valence-electron chi connectivity index (χ0n) is 13.5. The number of nitrogens with one attached hydrogen (secondary N) is 1. The molecule has 0 amide bonds. The number of aromatic nitrogens is 1. The summed E-state index contributed by atoms with van der Waals surface area (Å²) in [6, 6.07) is 2.57. The van der Waals surface area contributed by atoms with Crippen LogP contribution in [-0.4, -0.2) is 24.2 Å². The van der Waals surface area contributed by atoms with E-state index in [1.54, 1.807) is 6.20 Å². The minimum atomic E-state index is 0.576. The normalized spacial score (nSPS) is 15.2. The van der Waals surface area contributed by atoms with E-state index in [9.17, 15) is 0 Å². The molecule has 0 radical (unpaired) electrons. The third-order valence-corrected chi connectivity index (χ3v) is 3.79. The third kappa shape index (κ3) is 5.20. The van der Waals surface area contributed by atoms with Crippen LogP contribution >= 0.6 is 0 Å². The number of rotatable bonds is 8. The first-order chi connectivity index (χ1) is 10.2. The summed E-state index contributed by atoms with van der Waals surface area (Å²) in [6.45, 7) is 8.83. The van der Waals surface area contributed by atoms with Crippen LogP contribution in [0.2, 0.25) is 0 Å². The van der Waals surface area contributed by atoms with Gasteiger partial charge in [-0.2, -0.15) is 0 Å². The van der Waals surface area contributed by atoms with Gasteiger partial charge in [0, 0.05) is 18.7 Å². The minimum absolute atomic E-state index is 0.576. The van der Waals surface area contributed by atoms with Crippen molar-refractivity contribution in [1.29, 1.82) is 0 Å². The number of hydrogen-bond donors (Lipinski definition) is 1. The Hall–Kier alpha value is -1.29. The van der Waals surface area contributed by atoms with Crippen molar-refractivity contribution in [3.05, 3.63) is 18.0 Å². The molecule has 1 aliphatic heterocycles. The lowest BCUT2D eigenvalue weighted by atomic mass is 10.0. The van der Waals surface area contributed by atoms with Crippen molar-refractivity contribution < 1.29 is 9.47 Å². The fourth-order valence-electron chi connectivity index (χ4n) is 2.57. The highest BCUT2D eigenvalue weighted by atomic mass is 16.6. The fourth-order valence-corrected chi connectivity index (χ4v) is 2.57. The van der Waals surface area contributed by atoms with Gasteiger partial charge in [0.15, 0.2) is 11.5 Å². The van der Waals surface area contributed by atoms with Crippen LogP contribution in [0.25, 0.3) is 0 Å². The maximum absolute atomic E-state index is 5.60. The number of fused-ring (bicyclic) bond motifs is 1. The van der Waals surface area contributed by atoms with Crippen molar-refractivity contribution in [2.24, 2.45) is 5.92 Å². The second-order valence-electron chi connectivity index (χ2n) is 6.16. The summed E-state index contributed by atoms with van der Waals surface area (Å²) in [7, 11) is 0. The molecule has 0 bridgehead atoms. The molecule has 2 heterocycles. The predicted octanol–water partition coefficient (Wildman–Crippen LogP) is 3.55. The molecule has 1 atom stereocenters. The van der Waals surface area contributed by atoms with Crippen LogP contribution in [0.4, 0.5) is 0 Å². The molecular formula is C17H28N2O2. The second-order valence-corrected chi connectivity index (χ2v) is 6.16. The lowest BCUT2D eigenvalue weighted by molar-refractivity contribution is 0.170. The van der Waals surface area contributed by atoms with Crippen molar-refractivity contribution in [1.82, 2.24) is 10.3 Å². The summed E-state index contributed by atoms with van der Waals surface area (Å²) in [5.41, 5.74) is 1.02. The van der Waals surface area contributed by atoms with E-state index in [-0.39, 0.29) is 0 Å². The topological polar surface area (TPSA) is 43.4 Å². The Morgan fingerprint density at radius 2 is 1.90 bits per heavy atom. The van der Waals surface area contributed by atoms with Crippen molar-refractivity contribution >= 4 is 0 Å². The molecule has 4 nitrogen and oxygen atoms in total. The van der Waals surface area contributed by atoms with E-state index < -0.39 is 0 Å². The maximum atomic E-state index is 5.60. The first kappa shape index (κ1) is 16.1. The van der Waals surface area contributed by atoms with Gasteiger partial charge in [-0.1, -0.05) is 27.2 Å². The molecule has 0 aliphatic carbocycles. The zero-order valence-corrected chi connectivity index (χ0v) is 13.5. The summed E-state index contributed by atoms with van der Waals surface area (Å²) in [5.74, 6) is 2.34. The van der Waals surface area contributed by atoms with E-state index in [0.29, 0.717) is 19.3 Å². The quantitative estimate of drug-likeness (QED) is 0.796. The van der Waals surface area contributed by atoms with Crippen LogP contribution in [0, 0.1) is 5.92 Å². The fraction of sp³-hybridized carbons (Fsp3) is 0.706. The summed E-state index contributed by atoms with van der Waals surface area (Å²) in [6.07, 6.45) is 6.71. The molecule has 4 heteroatoms. The lowest BCUT2D eigenvalue weighted by Crippen LogP contribution is -2.29. The Labute approximate surface area is 128 Å². The first-order valence-electron chi connectivity index (χ1n) is 8.17. The molecule has 0 saturated carbocycles. The molecule has 1 aromatic heterocycles. The van der Waals surface area contributed by atoms with Gasteiger partial charge in [0.25, 0.3) is 0 Å². The molecule has 1 aromatic rings. The molecule has 1 N–H and O–H groups in total. The molecule has 0 spiro atoms.